The first-order chi connectivity index (χ1) is 12.7. The third-order valence-electron chi connectivity index (χ3n) is 5.95. The quantitative estimate of drug-likeness (QED) is 0.665. The van der Waals surface area contributed by atoms with Crippen LogP contribution in [-0.2, 0) is 11.8 Å². The lowest BCUT2D eigenvalue weighted by Crippen LogP contribution is -2.44. The molecule has 1 heterocycles. The number of aryl methyl sites for hydroxylation is 1. The fourth-order valence-corrected chi connectivity index (χ4v) is 4.50. The van der Waals surface area contributed by atoms with E-state index in [2.05, 4.69) is 13.8 Å². The van der Waals surface area contributed by atoms with Gasteiger partial charge in [-0.05, 0) is 25.2 Å². The number of ether oxygens (including phenoxy) is 1. The van der Waals surface area contributed by atoms with Crippen LogP contribution in [0.2, 0.25) is 0 Å². The summed E-state index contributed by atoms with van der Waals surface area (Å²) in [6, 6.07) is 0. The van der Waals surface area contributed by atoms with Crippen LogP contribution in [0.25, 0.3) is 0 Å². The highest BCUT2D eigenvalue weighted by Gasteiger charge is 2.48. The predicted molar refractivity (Wildman–Crippen MR) is 101 cm³/mol. The zero-order valence-corrected chi connectivity index (χ0v) is 16.8. The number of amides is 1. The molecule has 2 saturated carbocycles. The second-order valence-corrected chi connectivity index (χ2v) is 8.25. The molecular formula is C20H31F2N3O2. The van der Waals surface area contributed by atoms with E-state index in [0.29, 0.717) is 5.92 Å². The van der Waals surface area contributed by atoms with Gasteiger partial charge in [0.2, 0.25) is 0 Å². The monoisotopic (exact) mass is 383 g/mol. The van der Waals surface area contributed by atoms with E-state index < -0.39 is 18.1 Å². The predicted octanol–water partition coefficient (Wildman–Crippen LogP) is 5.35. The minimum absolute atomic E-state index is 0.276. The van der Waals surface area contributed by atoms with E-state index >= 15 is 0 Å². The summed E-state index contributed by atoms with van der Waals surface area (Å²) in [6.45, 7) is 4.32. The summed E-state index contributed by atoms with van der Waals surface area (Å²) >= 11 is 0. The van der Waals surface area contributed by atoms with E-state index in [1.807, 2.05) is 7.05 Å². The number of anilines is 1. The Labute approximate surface area is 160 Å². The molecule has 1 aromatic rings. The number of alkyl halides is 2. The van der Waals surface area contributed by atoms with E-state index in [0.717, 1.165) is 42.8 Å². The molecule has 2 aliphatic carbocycles. The highest BCUT2D eigenvalue weighted by Crippen LogP contribution is 2.43. The molecule has 1 aromatic heterocycles. The number of halogens is 2. The Bertz CT molecular complexity index is 675. The summed E-state index contributed by atoms with van der Waals surface area (Å²) in [4.78, 5) is 14.0. The molecule has 2 fully saturated rings. The Morgan fingerprint density at radius 1 is 1.37 bits per heavy atom. The molecule has 0 spiro atoms. The third-order valence-corrected chi connectivity index (χ3v) is 5.95. The van der Waals surface area contributed by atoms with Crippen molar-refractivity contribution in [2.24, 2.45) is 7.05 Å². The molecule has 5 nitrogen and oxygen atoms in total. The number of nitrogens with zero attached hydrogens (tertiary/aromatic N) is 3. The molecule has 0 radical (unpaired) electrons. The first-order valence-electron chi connectivity index (χ1n) is 10.1. The van der Waals surface area contributed by atoms with Crippen LogP contribution in [0.4, 0.5) is 19.4 Å². The van der Waals surface area contributed by atoms with Gasteiger partial charge in [-0.25, -0.2) is 13.6 Å². The van der Waals surface area contributed by atoms with Crippen molar-refractivity contribution >= 4 is 11.9 Å². The van der Waals surface area contributed by atoms with Crippen LogP contribution in [0.3, 0.4) is 0 Å². The first-order valence-corrected chi connectivity index (χ1v) is 10.1. The van der Waals surface area contributed by atoms with Gasteiger partial charge in [-0.2, -0.15) is 5.10 Å². The summed E-state index contributed by atoms with van der Waals surface area (Å²) in [6.07, 6.45) is 4.70. The molecular weight excluding hydrogens is 352 g/mol. The Kier molecular flexibility index (Phi) is 5.77. The summed E-state index contributed by atoms with van der Waals surface area (Å²) in [7, 11) is 3.49. The maximum absolute atomic E-state index is 13.0. The van der Waals surface area contributed by atoms with Gasteiger partial charge in [0.1, 0.15) is 11.9 Å². The van der Waals surface area contributed by atoms with Gasteiger partial charge in [0, 0.05) is 38.4 Å². The Balaban J connectivity index is 1.85. The van der Waals surface area contributed by atoms with E-state index in [9.17, 15) is 13.6 Å². The lowest BCUT2D eigenvalue weighted by molar-refractivity contribution is -0.143. The average molecular weight is 383 g/mol. The van der Waals surface area contributed by atoms with Gasteiger partial charge >= 0.3 is 6.09 Å². The SMILES string of the molecule is CCCC(C)c1c(C2CCCC2)nn(C)c1N(C)C(=O)OC1CC(F)(F)C1. The van der Waals surface area contributed by atoms with Gasteiger partial charge in [0.25, 0.3) is 5.92 Å². The highest BCUT2D eigenvalue weighted by atomic mass is 19.3. The van der Waals surface area contributed by atoms with Crippen LogP contribution >= 0.6 is 0 Å². The molecule has 7 heteroatoms. The number of rotatable bonds is 6. The Hall–Kier alpha value is -1.66. The minimum Gasteiger partial charge on any atom is -0.445 e. The zero-order chi connectivity index (χ0) is 19.8. The minimum atomic E-state index is -2.70. The molecule has 0 N–H and O–H groups in total. The lowest BCUT2D eigenvalue weighted by atomic mass is 9.90. The van der Waals surface area contributed by atoms with E-state index in [4.69, 9.17) is 9.84 Å². The second-order valence-electron chi connectivity index (χ2n) is 8.25. The molecule has 1 amide bonds. The lowest BCUT2D eigenvalue weighted by Gasteiger charge is -2.35. The summed E-state index contributed by atoms with van der Waals surface area (Å²) in [5, 5.41) is 4.78. The van der Waals surface area contributed by atoms with Crippen molar-refractivity contribution < 1.29 is 18.3 Å². The van der Waals surface area contributed by atoms with Crippen molar-refractivity contribution in [1.82, 2.24) is 9.78 Å². The van der Waals surface area contributed by atoms with Crippen LogP contribution in [0.5, 0.6) is 0 Å². The second kappa shape index (κ2) is 7.76. The van der Waals surface area contributed by atoms with Gasteiger partial charge in [0.05, 0.1) is 5.69 Å². The molecule has 0 aliphatic heterocycles. The molecule has 2 aliphatic rings. The highest BCUT2D eigenvalue weighted by molar-refractivity contribution is 5.87. The fraction of sp³-hybridized carbons (Fsp3) is 0.800. The summed E-state index contributed by atoms with van der Waals surface area (Å²) in [5.41, 5.74) is 2.21. The van der Waals surface area contributed by atoms with Crippen LogP contribution in [0.15, 0.2) is 0 Å². The number of carbonyl (C=O) groups excluding carboxylic acids is 1. The molecule has 1 atom stereocenters. The normalized spacial score (nSPS) is 21.1. The van der Waals surface area contributed by atoms with Gasteiger partial charge in [-0.15, -0.1) is 0 Å². The van der Waals surface area contributed by atoms with Crippen LogP contribution in [0, 0.1) is 0 Å². The molecule has 0 aromatic carbocycles. The van der Waals surface area contributed by atoms with Crippen molar-refractivity contribution in [2.75, 3.05) is 11.9 Å². The Morgan fingerprint density at radius 3 is 2.56 bits per heavy atom. The molecule has 3 rings (SSSR count). The van der Waals surface area contributed by atoms with Crippen LogP contribution in [-0.4, -0.2) is 34.9 Å². The topological polar surface area (TPSA) is 47.4 Å². The summed E-state index contributed by atoms with van der Waals surface area (Å²) in [5.74, 6) is -1.26. The maximum Gasteiger partial charge on any atom is 0.415 e. The number of aromatic nitrogens is 2. The molecule has 152 valence electrons. The molecule has 0 bridgehead atoms. The molecule has 0 saturated heterocycles. The largest absolute Gasteiger partial charge is 0.445 e. The van der Waals surface area contributed by atoms with Crippen molar-refractivity contribution in [2.45, 2.75) is 89.1 Å². The number of hydrogen-bond acceptors (Lipinski definition) is 3. The van der Waals surface area contributed by atoms with E-state index in [1.165, 1.54) is 17.7 Å². The average Bonchev–Trinajstić information content (AvgIpc) is 3.19. The number of carbonyl (C=O) groups is 1. The third kappa shape index (κ3) is 4.11. The van der Waals surface area contributed by atoms with Crippen molar-refractivity contribution in [3.05, 3.63) is 11.3 Å². The van der Waals surface area contributed by atoms with E-state index in [-0.39, 0.29) is 18.8 Å². The van der Waals surface area contributed by atoms with Crippen LogP contribution in [0.1, 0.15) is 88.3 Å². The Morgan fingerprint density at radius 2 is 2.00 bits per heavy atom. The van der Waals surface area contributed by atoms with Gasteiger partial charge in [0.15, 0.2) is 0 Å². The zero-order valence-electron chi connectivity index (χ0n) is 16.8. The standard InChI is InChI=1S/C20H31F2N3O2/c1-5-8-13(2)16-17(14-9-6-7-10-14)23-25(4)18(16)24(3)19(26)27-15-11-20(21,22)12-15/h13-15H,5-12H2,1-4H3. The molecule has 1 unspecified atom stereocenters. The van der Waals surface area contributed by atoms with Crippen molar-refractivity contribution in [1.29, 1.82) is 0 Å². The molecule has 27 heavy (non-hydrogen) atoms. The van der Waals surface area contributed by atoms with Gasteiger partial charge in [-0.1, -0.05) is 33.1 Å². The van der Waals surface area contributed by atoms with Crippen molar-refractivity contribution in [3.8, 4) is 0 Å². The number of hydrogen-bond donors (Lipinski definition) is 0. The van der Waals surface area contributed by atoms with Crippen LogP contribution < -0.4 is 4.90 Å². The fourth-order valence-electron chi connectivity index (χ4n) is 4.50. The maximum atomic E-state index is 13.0. The van der Waals surface area contributed by atoms with Crippen molar-refractivity contribution in [3.63, 3.8) is 0 Å². The van der Waals surface area contributed by atoms with Gasteiger partial charge < -0.3 is 4.74 Å². The first kappa shape index (κ1) is 20.1. The smallest absolute Gasteiger partial charge is 0.415 e. The van der Waals surface area contributed by atoms with Gasteiger partial charge in [-0.3, -0.25) is 9.58 Å². The summed E-state index contributed by atoms with van der Waals surface area (Å²) < 4.78 is 33.1. The van der Waals surface area contributed by atoms with E-state index in [1.54, 1.807) is 11.7 Å².